The quantitative estimate of drug-likeness (QED) is 0.297. The number of nitrogens with one attached hydrogen (secondary N) is 1. The van der Waals surface area contributed by atoms with Crippen LogP contribution < -0.4 is 20.5 Å². The van der Waals surface area contributed by atoms with Gasteiger partial charge in [-0.2, -0.15) is 0 Å². The average Bonchev–Trinajstić information content (AvgIpc) is 2.39. The smallest absolute Gasteiger partial charge is 0.158 e. The van der Waals surface area contributed by atoms with E-state index in [1.54, 1.807) is 0 Å². The van der Waals surface area contributed by atoms with E-state index < -0.39 is 0 Å². The second-order valence-corrected chi connectivity index (χ2v) is 3.47. The van der Waals surface area contributed by atoms with Crippen LogP contribution in [0.25, 0.3) is 0 Å². The Labute approximate surface area is 106 Å². The average molecular weight is 253 g/mol. The minimum absolute atomic E-state index is 0.0965. The van der Waals surface area contributed by atoms with Gasteiger partial charge < -0.3 is 25.7 Å². The molecule has 1 aromatic rings. The Morgan fingerprint density at radius 1 is 1.33 bits per heavy atom. The summed E-state index contributed by atoms with van der Waals surface area (Å²) in [6, 6.07) is 5.48. The number of nitrogens with zero attached hydrogens (tertiary/aromatic N) is 1. The van der Waals surface area contributed by atoms with E-state index >= 15 is 0 Å². The van der Waals surface area contributed by atoms with Crippen LogP contribution in [0.5, 0.6) is 11.5 Å². The van der Waals surface area contributed by atoms with Crippen molar-refractivity contribution in [3.63, 3.8) is 0 Å². The Kier molecular flexibility index (Phi) is 5.63. The van der Waals surface area contributed by atoms with E-state index in [1.807, 2.05) is 32.0 Å². The highest BCUT2D eigenvalue weighted by Crippen LogP contribution is 2.29. The topological polar surface area (TPSA) is 89.1 Å². The fourth-order valence-corrected chi connectivity index (χ4v) is 1.41. The van der Waals surface area contributed by atoms with Gasteiger partial charge in [-0.25, -0.2) is 0 Å². The molecule has 0 aliphatic rings. The zero-order valence-electron chi connectivity index (χ0n) is 10.6. The third-order valence-electron chi connectivity index (χ3n) is 2.15. The van der Waals surface area contributed by atoms with Crippen LogP contribution in [0.3, 0.4) is 0 Å². The number of rotatable bonds is 7. The normalized spacial score (nSPS) is 11.1. The van der Waals surface area contributed by atoms with Crippen LogP contribution in [-0.4, -0.2) is 30.8 Å². The number of hydrogen-bond acceptors (Lipinski definition) is 5. The monoisotopic (exact) mass is 253 g/mol. The van der Waals surface area contributed by atoms with Crippen molar-refractivity contribution in [3.8, 4) is 11.5 Å². The molecule has 0 heterocycles. The largest absolute Gasteiger partial charge is 0.494 e. The number of anilines is 1. The zero-order chi connectivity index (χ0) is 13.4. The molecule has 0 fully saturated rings. The molecule has 6 nitrogen and oxygen atoms in total. The third-order valence-corrected chi connectivity index (χ3v) is 2.15. The summed E-state index contributed by atoms with van der Waals surface area (Å²) in [5, 5.41) is 14.4. The third kappa shape index (κ3) is 4.04. The Morgan fingerprint density at radius 2 is 2.06 bits per heavy atom. The molecule has 0 aliphatic heterocycles. The Bertz CT molecular complexity index is 408. The maximum atomic E-state index is 8.49. The molecule has 0 atom stereocenters. The van der Waals surface area contributed by atoms with Crippen molar-refractivity contribution in [2.24, 2.45) is 10.9 Å². The van der Waals surface area contributed by atoms with Crippen molar-refractivity contribution in [1.82, 2.24) is 0 Å². The van der Waals surface area contributed by atoms with Crippen LogP contribution in [0, 0.1) is 0 Å². The molecule has 100 valence electrons. The minimum Gasteiger partial charge on any atom is -0.494 e. The molecule has 0 aromatic heterocycles. The van der Waals surface area contributed by atoms with Gasteiger partial charge in [-0.15, -0.1) is 0 Å². The molecule has 0 radical (unpaired) electrons. The van der Waals surface area contributed by atoms with Gasteiger partial charge in [0.1, 0.15) is 11.5 Å². The fraction of sp³-hybridized carbons (Fsp3) is 0.417. The summed E-state index contributed by atoms with van der Waals surface area (Å²) in [4.78, 5) is 0. The molecular weight excluding hydrogens is 234 g/mol. The highest BCUT2D eigenvalue weighted by atomic mass is 16.5. The lowest BCUT2D eigenvalue weighted by molar-refractivity contribution is 0.317. The van der Waals surface area contributed by atoms with E-state index in [-0.39, 0.29) is 12.4 Å². The fourth-order valence-electron chi connectivity index (χ4n) is 1.41. The van der Waals surface area contributed by atoms with E-state index in [9.17, 15) is 0 Å². The van der Waals surface area contributed by atoms with Crippen molar-refractivity contribution in [2.45, 2.75) is 13.8 Å². The van der Waals surface area contributed by atoms with Crippen LogP contribution in [0.1, 0.15) is 13.8 Å². The highest BCUT2D eigenvalue weighted by Gasteiger charge is 2.06. The van der Waals surface area contributed by atoms with Crippen molar-refractivity contribution in [2.75, 3.05) is 25.1 Å². The first-order valence-corrected chi connectivity index (χ1v) is 5.81. The molecule has 0 amide bonds. The SMILES string of the molecule is CCOc1ccc(OCC)c(NC/C(N)=N/O)c1. The number of hydrogen-bond donors (Lipinski definition) is 3. The zero-order valence-corrected chi connectivity index (χ0v) is 10.6. The summed E-state index contributed by atoms with van der Waals surface area (Å²) in [5.74, 6) is 1.54. The van der Waals surface area contributed by atoms with Gasteiger partial charge in [-0.05, 0) is 26.0 Å². The number of oxime groups is 1. The van der Waals surface area contributed by atoms with Crippen molar-refractivity contribution in [3.05, 3.63) is 18.2 Å². The molecule has 0 bridgehead atoms. The first-order valence-electron chi connectivity index (χ1n) is 5.81. The van der Waals surface area contributed by atoms with Gasteiger partial charge in [-0.3, -0.25) is 0 Å². The predicted molar refractivity (Wildman–Crippen MR) is 70.7 cm³/mol. The van der Waals surface area contributed by atoms with Crippen molar-refractivity contribution in [1.29, 1.82) is 0 Å². The van der Waals surface area contributed by atoms with Gasteiger partial charge in [0.2, 0.25) is 0 Å². The lowest BCUT2D eigenvalue weighted by atomic mass is 10.2. The van der Waals surface area contributed by atoms with E-state index in [1.165, 1.54) is 0 Å². The Hall–Kier alpha value is -2.11. The lowest BCUT2D eigenvalue weighted by Gasteiger charge is -2.13. The van der Waals surface area contributed by atoms with E-state index in [2.05, 4.69) is 10.5 Å². The van der Waals surface area contributed by atoms with Crippen LogP contribution in [0.2, 0.25) is 0 Å². The van der Waals surface area contributed by atoms with Crippen LogP contribution >= 0.6 is 0 Å². The summed E-state index contributed by atoms with van der Waals surface area (Å²) < 4.78 is 10.9. The number of benzene rings is 1. The van der Waals surface area contributed by atoms with Crippen LogP contribution in [0.15, 0.2) is 23.4 Å². The first-order chi connectivity index (χ1) is 8.71. The van der Waals surface area contributed by atoms with E-state index in [4.69, 9.17) is 20.4 Å². The van der Waals surface area contributed by atoms with Crippen molar-refractivity contribution < 1.29 is 14.7 Å². The van der Waals surface area contributed by atoms with Gasteiger partial charge in [-0.1, -0.05) is 5.16 Å². The van der Waals surface area contributed by atoms with Gasteiger partial charge in [0, 0.05) is 6.07 Å². The van der Waals surface area contributed by atoms with Gasteiger partial charge in [0.15, 0.2) is 5.84 Å². The maximum Gasteiger partial charge on any atom is 0.158 e. The second-order valence-electron chi connectivity index (χ2n) is 3.47. The Morgan fingerprint density at radius 3 is 2.67 bits per heavy atom. The predicted octanol–water partition coefficient (Wildman–Crippen LogP) is 1.64. The van der Waals surface area contributed by atoms with Crippen LogP contribution in [0.4, 0.5) is 5.69 Å². The molecular formula is C12H19N3O3. The summed E-state index contributed by atoms with van der Waals surface area (Å²) in [7, 11) is 0. The standard InChI is InChI=1S/C12H19N3O3/c1-3-17-9-5-6-11(18-4-2)10(7-9)14-8-12(13)15-16/h5-7,14,16H,3-4,8H2,1-2H3,(H2,13,15). The molecule has 18 heavy (non-hydrogen) atoms. The number of nitrogens with two attached hydrogens (primary N) is 1. The Balaban J connectivity index is 2.84. The summed E-state index contributed by atoms with van der Waals surface area (Å²) in [6.45, 7) is 5.20. The van der Waals surface area contributed by atoms with Crippen molar-refractivity contribution >= 4 is 11.5 Å². The molecule has 1 aromatic carbocycles. The minimum atomic E-state index is 0.0965. The molecule has 4 N–H and O–H groups in total. The summed E-state index contributed by atoms with van der Waals surface area (Å²) in [6.07, 6.45) is 0. The number of ether oxygens (including phenoxy) is 2. The second kappa shape index (κ2) is 7.26. The highest BCUT2D eigenvalue weighted by molar-refractivity contribution is 5.84. The van der Waals surface area contributed by atoms with Gasteiger partial charge in [0.25, 0.3) is 0 Å². The molecule has 0 unspecified atom stereocenters. The summed E-state index contributed by atoms with van der Waals surface area (Å²) in [5.41, 5.74) is 6.15. The molecule has 0 saturated heterocycles. The van der Waals surface area contributed by atoms with E-state index in [0.717, 1.165) is 11.4 Å². The molecule has 0 spiro atoms. The maximum absolute atomic E-state index is 8.49. The lowest BCUT2D eigenvalue weighted by Crippen LogP contribution is -2.22. The van der Waals surface area contributed by atoms with Gasteiger partial charge in [0.05, 0.1) is 25.4 Å². The molecule has 1 rings (SSSR count). The molecule has 0 aliphatic carbocycles. The van der Waals surface area contributed by atoms with Gasteiger partial charge >= 0.3 is 0 Å². The molecule has 0 saturated carbocycles. The number of amidine groups is 1. The van der Waals surface area contributed by atoms with E-state index in [0.29, 0.717) is 19.0 Å². The molecule has 6 heteroatoms. The first kappa shape index (κ1) is 14.0. The van der Waals surface area contributed by atoms with Crippen LogP contribution in [-0.2, 0) is 0 Å². The summed E-state index contributed by atoms with van der Waals surface area (Å²) >= 11 is 0.